The lowest BCUT2D eigenvalue weighted by Crippen LogP contribution is -2.23. The zero-order valence-corrected chi connectivity index (χ0v) is 14.2. The van der Waals surface area contributed by atoms with E-state index in [1.807, 2.05) is 24.3 Å². The van der Waals surface area contributed by atoms with E-state index in [2.05, 4.69) is 38.1 Å². The van der Waals surface area contributed by atoms with Crippen LogP contribution in [0, 0.1) is 13.8 Å². The summed E-state index contributed by atoms with van der Waals surface area (Å²) in [6, 6.07) is 16.4. The van der Waals surface area contributed by atoms with Crippen molar-refractivity contribution in [2.24, 2.45) is 0 Å². The number of carbonyl (C=O) groups excluding carboxylic acids is 1. The monoisotopic (exact) mass is 322 g/mol. The topological polar surface area (TPSA) is 35.5 Å². The summed E-state index contributed by atoms with van der Waals surface area (Å²) in [5.74, 6) is 0. The van der Waals surface area contributed by atoms with Gasteiger partial charge in [0.25, 0.3) is 0 Å². The summed E-state index contributed by atoms with van der Waals surface area (Å²) in [7, 11) is 0. The molecule has 4 rings (SSSR count). The minimum absolute atomic E-state index is 0.478. The molecule has 2 aromatic rings. The van der Waals surface area contributed by atoms with Crippen LogP contribution < -0.4 is 0 Å². The summed E-state index contributed by atoms with van der Waals surface area (Å²) in [5, 5.41) is 0. The third kappa shape index (κ3) is 2.79. The van der Waals surface area contributed by atoms with Crippen LogP contribution in [0.25, 0.3) is 0 Å². The summed E-state index contributed by atoms with van der Waals surface area (Å²) in [6.07, 6.45) is 2.91. The maximum Gasteiger partial charge on any atom is 0.510 e. The lowest BCUT2D eigenvalue weighted by atomic mass is 10.1. The third-order valence-electron chi connectivity index (χ3n) is 5.12. The Balaban J connectivity index is 1.45. The lowest BCUT2D eigenvalue weighted by Gasteiger charge is -2.21. The molecule has 24 heavy (non-hydrogen) atoms. The molecule has 0 amide bonds. The molecule has 2 aliphatic carbocycles. The first-order valence-corrected chi connectivity index (χ1v) is 8.58. The van der Waals surface area contributed by atoms with Crippen molar-refractivity contribution in [1.82, 2.24) is 0 Å². The Morgan fingerprint density at radius 3 is 1.33 bits per heavy atom. The smallest absolute Gasteiger partial charge is 0.423 e. The second-order valence-electron chi connectivity index (χ2n) is 7.17. The highest BCUT2D eigenvalue weighted by atomic mass is 16.7. The van der Waals surface area contributed by atoms with Gasteiger partial charge in [0.1, 0.15) is 11.2 Å². The van der Waals surface area contributed by atoms with E-state index in [0.717, 1.165) is 36.8 Å². The molecule has 0 N–H and O–H groups in total. The second-order valence-corrected chi connectivity index (χ2v) is 7.17. The predicted octanol–water partition coefficient (Wildman–Crippen LogP) is 5.14. The van der Waals surface area contributed by atoms with Crippen molar-refractivity contribution in [2.45, 2.75) is 50.7 Å². The highest BCUT2D eigenvalue weighted by Crippen LogP contribution is 2.52. The Morgan fingerprint density at radius 1 is 0.708 bits per heavy atom. The molecule has 2 saturated carbocycles. The maximum absolute atomic E-state index is 12.4. The fourth-order valence-corrected chi connectivity index (χ4v) is 3.18. The number of aryl methyl sites for hydroxylation is 2. The number of hydrogen-bond donors (Lipinski definition) is 0. The number of ether oxygens (including phenoxy) is 2. The number of hydrogen-bond acceptors (Lipinski definition) is 3. The van der Waals surface area contributed by atoms with Crippen LogP contribution in [0.2, 0.25) is 0 Å². The van der Waals surface area contributed by atoms with Crippen LogP contribution in [0.4, 0.5) is 4.79 Å². The standard InChI is InChI=1S/C21H22O3/c1-15-3-7-17(8-4-15)20(11-12-20)23-19(22)24-21(13-14-21)18-9-5-16(2)6-10-18/h3-10H,11-14H2,1-2H3. The van der Waals surface area contributed by atoms with Gasteiger partial charge in [-0.15, -0.1) is 0 Å². The van der Waals surface area contributed by atoms with Gasteiger partial charge in [0.15, 0.2) is 0 Å². The van der Waals surface area contributed by atoms with E-state index >= 15 is 0 Å². The van der Waals surface area contributed by atoms with Crippen LogP contribution >= 0.6 is 0 Å². The molecule has 2 fully saturated rings. The van der Waals surface area contributed by atoms with E-state index in [1.165, 1.54) is 11.1 Å². The molecule has 0 bridgehead atoms. The average Bonchev–Trinajstić information content (AvgIpc) is 3.47. The van der Waals surface area contributed by atoms with E-state index in [9.17, 15) is 4.79 Å². The molecule has 0 spiro atoms. The Labute approximate surface area is 142 Å². The fraction of sp³-hybridized carbons (Fsp3) is 0.381. The molecule has 0 saturated heterocycles. The first kappa shape index (κ1) is 15.3. The zero-order valence-electron chi connectivity index (χ0n) is 14.2. The highest BCUT2D eigenvalue weighted by molar-refractivity contribution is 5.63. The van der Waals surface area contributed by atoms with Gasteiger partial charge in [-0.25, -0.2) is 4.79 Å². The lowest BCUT2D eigenvalue weighted by molar-refractivity contribution is -0.0217. The van der Waals surface area contributed by atoms with Gasteiger partial charge in [-0.1, -0.05) is 59.7 Å². The molecule has 124 valence electrons. The zero-order chi connectivity index (χ0) is 16.8. The molecule has 0 aromatic heterocycles. The SMILES string of the molecule is Cc1ccc(C2(OC(=O)OC3(c4ccc(C)cc4)CC3)CC2)cc1. The molecule has 0 radical (unpaired) electrons. The van der Waals surface area contributed by atoms with Crippen molar-refractivity contribution in [3.8, 4) is 0 Å². The Hall–Kier alpha value is -2.29. The van der Waals surface area contributed by atoms with Crippen molar-refractivity contribution in [1.29, 1.82) is 0 Å². The quantitative estimate of drug-likeness (QED) is 0.732. The van der Waals surface area contributed by atoms with E-state index < -0.39 is 17.4 Å². The summed E-state index contributed by atoms with van der Waals surface area (Å²) in [6.45, 7) is 4.10. The molecule has 2 aliphatic rings. The first-order valence-electron chi connectivity index (χ1n) is 8.58. The summed E-state index contributed by atoms with van der Waals surface area (Å²) >= 11 is 0. The second kappa shape index (κ2) is 5.37. The molecule has 2 aromatic carbocycles. The third-order valence-corrected chi connectivity index (χ3v) is 5.12. The van der Waals surface area contributed by atoms with Crippen molar-refractivity contribution < 1.29 is 14.3 Å². The largest absolute Gasteiger partial charge is 0.510 e. The van der Waals surface area contributed by atoms with Crippen LogP contribution in [0.1, 0.15) is 47.9 Å². The van der Waals surface area contributed by atoms with E-state index in [-0.39, 0.29) is 0 Å². The van der Waals surface area contributed by atoms with Crippen LogP contribution in [-0.4, -0.2) is 6.16 Å². The van der Waals surface area contributed by atoms with Crippen molar-refractivity contribution >= 4 is 6.16 Å². The first-order chi connectivity index (χ1) is 11.5. The van der Waals surface area contributed by atoms with Crippen LogP contribution in [0.3, 0.4) is 0 Å². The Kier molecular flexibility index (Phi) is 3.41. The minimum Gasteiger partial charge on any atom is -0.423 e. The molecule has 0 heterocycles. The Morgan fingerprint density at radius 2 is 1.04 bits per heavy atom. The summed E-state index contributed by atoms with van der Waals surface area (Å²) in [5.41, 5.74) is 3.57. The van der Waals surface area contributed by atoms with Crippen molar-refractivity contribution in [3.63, 3.8) is 0 Å². The van der Waals surface area contributed by atoms with Gasteiger partial charge in [0.05, 0.1) is 0 Å². The van der Waals surface area contributed by atoms with Gasteiger partial charge in [-0.3, -0.25) is 0 Å². The van der Waals surface area contributed by atoms with Crippen LogP contribution in [-0.2, 0) is 20.7 Å². The Bertz CT molecular complexity index is 685. The summed E-state index contributed by atoms with van der Waals surface area (Å²) < 4.78 is 11.5. The van der Waals surface area contributed by atoms with Gasteiger partial charge in [-0.05, 0) is 50.7 Å². The summed E-state index contributed by atoms with van der Waals surface area (Å²) in [4.78, 5) is 12.4. The maximum atomic E-state index is 12.4. The van der Waals surface area contributed by atoms with Crippen molar-refractivity contribution in [2.75, 3.05) is 0 Å². The molecule has 3 nitrogen and oxygen atoms in total. The van der Waals surface area contributed by atoms with E-state index in [0.29, 0.717) is 0 Å². The number of carbonyl (C=O) groups is 1. The molecule has 0 unspecified atom stereocenters. The number of benzene rings is 2. The van der Waals surface area contributed by atoms with E-state index in [4.69, 9.17) is 9.47 Å². The minimum atomic E-state index is -0.550. The molecular weight excluding hydrogens is 300 g/mol. The average molecular weight is 322 g/mol. The molecule has 3 heteroatoms. The molecular formula is C21H22O3. The predicted molar refractivity (Wildman–Crippen MR) is 91.7 cm³/mol. The van der Waals surface area contributed by atoms with E-state index in [1.54, 1.807) is 0 Å². The highest BCUT2D eigenvalue weighted by Gasteiger charge is 2.53. The van der Waals surface area contributed by atoms with Gasteiger partial charge < -0.3 is 9.47 Å². The van der Waals surface area contributed by atoms with Crippen LogP contribution in [0.15, 0.2) is 48.5 Å². The van der Waals surface area contributed by atoms with Crippen LogP contribution in [0.5, 0.6) is 0 Å². The van der Waals surface area contributed by atoms with Gasteiger partial charge in [0.2, 0.25) is 0 Å². The van der Waals surface area contributed by atoms with Gasteiger partial charge in [-0.2, -0.15) is 0 Å². The van der Waals surface area contributed by atoms with Gasteiger partial charge >= 0.3 is 6.16 Å². The van der Waals surface area contributed by atoms with Crippen molar-refractivity contribution in [3.05, 3.63) is 70.8 Å². The normalized spacial score (nSPS) is 19.4. The molecule has 0 aliphatic heterocycles. The van der Waals surface area contributed by atoms with Gasteiger partial charge in [0, 0.05) is 0 Å². The molecule has 0 atom stereocenters. The number of rotatable bonds is 4. The fourth-order valence-electron chi connectivity index (χ4n) is 3.18.